The molecule has 6 nitrogen and oxygen atoms in total. The third-order valence-electron chi connectivity index (χ3n) is 9.95. The Bertz CT molecular complexity index is 1280. The molecule has 5 fully saturated rings. The molecule has 4 bridgehead atoms. The van der Waals surface area contributed by atoms with Crippen molar-refractivity contribution in [2.24, 2.45) is 17.8 Å². The lowest BCUT2D eigenvalue weighted by Crippen LogP contribution is -2.52. The van der Waals surface area contributed by atoms with Gasteiger partial charge in [-0.15, -0.1) is 11.8 Å². The van der Waals surface area contributed by atoms with Crippen molar-refractivity contribution in [3.63, 3.8) is 0 Å². The number of hydrogen-bond acceptors (Lipinski definition) is 5. The zero-order chi connectivity index (χ0) is 25.9. The fraction of sp³-hybridized carbons (Fsp3) is 0.516. The summed E-state index contributed by atoms with van der Waals surface area (Å²) >= 11 is 1.79. The molecule has 2 aliphatic heterocycles. The summed E-state index contributed by atoms with van der Waals surface area (Å²) in [4.78, 5) is 39.7. The van der Waals surface area contributed by atoms with Crippen LogP contribution in [0.4, 0.5) is 0 Å². The van der Waals surface area contributed by atoms with Gasteiger partial charge in [0.25, 0.3) is 5.91 Å². The Kier molecular flexibility index (Phi) is 6.12. The molecular formula is C31H35N3O3S. The number of nitrogens with zero attached hydrogens (tertiary/aromatic N) is 1. The Morgan fingerprint density at radius 3 is 2.47 bits per heavy atom. The van der Waals surface area contributed by atoms with E-state index in [1.807, 2.05) is 12.1 Å². The minimum Gasteiger partial charge on any atom is -0.322 e. The molecule has 3 amide bonds. The van der Waals surface area contributed by atoms with Crippen LogP contribution in [0.3, 0.4) is 0 Å². The number of carbonyl (C=O) groups is 3. The second-order valence-electron chi connectivity index (χ2n) is 12.1. The number of fused-ring (bicyclic) bond motifs is 1. The Balaban J connectivity index is 0.904. The standard InChI is InChI=1S/C31H35N3O3S/c35-28-11-10-26(29(36)33-28)34-18-25-24(30(34)37)4-1-5-27(25)38-12-2-3-19-6-8-20(9-7-19)17-32-31-15-21-13-23(31)14-22(21)16-31/h1,4-9,21-23,26,32H,2-3,10-18H2,(H,33,35,36). The molecule has 3 unspecified atom stereocenters. The Hall–Kier alpha value is -2.64. The Morgan fingerprint density at radius 2 is 1.76 bits per heavy atom. The first kappa shape index (κ1) is 24.4. The third kappa shape index (κ3) is 4.19. The van der Waals surface area contributed by atoms with Gasteiger partial charge in [0, 0.05) is 35.5 Å². The quantitative estimate of drug-likeness (QED) is 0.285. The van der Waals surface area contributed by atoms with Crippen LogP contribution in [-0.2, 0) is 29.1 Å². The highest BCUT2D eigenvalue weighted by Gasteiger charge is 2.62. The second kappa shape index (κ2) is 9.53. The van der Waals surface area contributed by atoms with Crippen LogP contribution in [0, 0.1) is 17.8 Å². The topological polar surface area (TPSA) is 78.5 Å². The maximum absolute atomic E-state index is 13.0. The minimum atomic E-state index is -0.567. The van der Waals surface area contributed by atoms with Crippen LogP contribution >= 0.6 is 11.8 Å². The predicted molar refractivity (Wildman–Crippen MR) is 146 cm³/mol. The number of imide groups is 1. The summed E-state index contributed by atoms with van der Waals surface area (Å²) in [5, 5.41) is 6.35. The normalized spacial score (nSPS) is 30.9. The fourth-order valence-corrected chi connectivity index (χ4v) is 9.09. The van der Waals surface area contributed by atoms with E-state index in [-0.39, 0.29) is 24.1 Å². The van der Waals surface area contributed by atoms with Crippen molar-refractivity contribution in [1.82, 2.24) is 15.5 Å². The Labute approximate surface area is 228 Å². The minimum absolute atomic E-state index is 0.108. The molecular weight excluding hydrogens is 494 g/mol. The van der Waals surface area contributed by atoms with Gasteiger partial charge < -0.3 is 10.2 Å². The van der Waals surface area contributed by atoms with Crippen molar-refractivity contribution >= 4 is 29.5 Å². The number of rotatable bonds is 9. The van der Waals surface area contributed by atoms with E-state index in [4.69, 9.17) is 0 Å². The summed E-state index contributed by atoms with van der Waals surface area (Å²) in [7, 11) is 0. The van der Waals surface area contributed by atoms with E-state index >= 15 is 0 Å². The summed E-state index contributed by atoms with van der Waals surface area (Å²) in [5.41, 5.74) is 4.90. The van der Waals surface area contributed by atoms with Gasteiger partial charge in [-0.2, -0.15) is 0 Å². The van der Waals surface area contributed by atoms with Crippen LogP contribution in [0.2, 0.25) is 0 Å². The van der Waals surface area contributed by atoms with Crippen molar-refractivity contribution in [3.8, 4) is 0 Å². The molecule has 0 spiro atoms. The van der Waals surface area contributed by atoms with Crippen LogP contribution in [-0.4, -0.2) is 40.0 Å². The summed E-state index contributed by atoms with van der Waals surface area (Å²) in [5.74, 6) is 3.19. The average molecular weight is 530 g/mol. The van der Waals surface area contributed by atoms with Crippen molar-refractivity contribution < 1.29 is 14.4 Å². The van der Waals surface area contributed by atoms with Crippen molar-refractivity contribution in [2.75, 3.05) is 5.75 Å². The number of hydrogen-bond donors (Lipinski definition) is 2. The SMILES string of the molecule is O=C1CCC(N2Cc3c(SCCCc4ccc(CNC56CC7CC5CC7C6)cc4)cccc3C2=O)C(=O)N1. The van der Waals surface area contributed by atoms with E-state index in [2.05, 4.69) is 41.0 Å². The number of amides is 3. The predicted octanol–water partition coefficient (Wildman–Crippen LogP) is 4.45. The molecule has 4 saturated carbocycles. The van der Waals surface area contributed by atoms with Gasteiger partial charge in [-0.05, 0) is 97.3 Å². The van der Waals surface area contributed by atoms with Crippen LogP contribution in [0.15, 0.2) is 47.4 Å². The molecule has 2 aromatic carbocycles. The summed E-state index contributed by atoms with van der Waals surface area (Å²) in [6.45, 7) is 1.42. The fourth-order valence-electron chi connectivity index (χ4n) is 8.06. The van der Waals surface area contributed by atoms with Crippen LogP contribution in [0.25, 0.3) is 0 Å². The number of benzene rings is 2. The van der Waals surface area contributed by atoms with Crippen molar-refractivity contribution in [2.45, 2.75) is 80.9 Å². The lowest BCUT2D eigenvalue weighted by atomic mass is 9.90. The molecule has 38 heavy (non-hydrogen) atoms. The molecule has 2 N–H and O–H groups in total. The van der Waals surface area contributed by atoms with Gasteiger partial charge in [0.05, 0.1) is 0 Å². The van der Waals surface area contributed by atoms with Gasteiger partial charge in [-0.25, -0.2) is 0 Å². The summed E-state index contributed by atoms with van der Waals surface area (Å²) < 4.78 is 0. The van der Waals surface area contributed by atoms with Crippen LogP contribution in [0.5, 0.6) is 0 Å². The number of carbonyl (C=O) groups excluding carboxylic acids is 3. The third-order valence-corrected chi connectivity index (χ3v) is 11.1. The van der Waals surface area contributed by atoms with E-state index in [0.29, 0.717) is 24.1 Å². The first-order valence-corrected chi connectivity index (χ1v) is 15.2. The number of piperidine rings is 1. The van der Waals surface area contributed by atoms with Gasteiger partial charge in [-0.3, -0.25) is 19.7 Å². The second-order valence-corrected chi connectivity index (χ2v) is 13.2. The van der Waals surface area contributed by atoms with Crippen molar-refractivity contribution in [1.29, 1.82) is 0 Å². The molecule has 6 aliphatic rings. The monoisotopic (exact) mass is 529 g/mol. The smallest absolute Gasteiger partial charge is 0.255 e. The van der Waals surface area contributed by atoms with Crippen LogP contribution in [0.1, 0.15) is 72.0 Å². The molecule has 4 aliphatic carbocycles. The maximum Gasteiger partial charge on any atom is 0.255 e. The van der Waals surface area contributed by atoms with E-state index in [1.165, 1.54) is 36.8 Å². The molecule has 8 rings (SSSR count). The molecule has 198 valence electrons. The highest BCUT2D eigenvalue weighted by atomic mass is 32.2. The van der Waals surface area contributed by atoms with E-state index in [1.54, 1.807) is 16.7 Å². The van der Waals surface area contributed by atoms with Crippen molar-refractivity contribution in [3.05, 3.63) is 64.7 Å². The highest BCUT2D eigenvalue weighted by molar-refractivity contribution is 7.99. The van der Waals surface area contributed by atoms with Gasteiger partial charge in [-0.1, -0.05) is 30.3 Å². The Morgan fingerprint density at radius 1 is 1.00 bits per heavy atom. The average Bonchev–Trinajstić information content (AvgIpc) is 3.71. The molecule has 2 heterocycles. The first-order valence-electron chi connectivity index (χ1n) is 14.2. The number of thioether (sulfide) groups is 1. The van der Waals surface area contributed by atoms with E-state index in [9.17, 15) is 14.4 Å². The maximum atomic E-state index is 13.0. The largest absolute Gasteiger partial charge is 0.322 e. The van der Waals surface area contributed by atoms with Gasteiger partial charge >= 0.3 is 0 Å². The molecule has 1 saturated heterocycles. The molecule has 0 radical (unpaired) electrons. The number of nitrogens with one attached hydrogen (secondary N) is 2. The number of aryl methyl sites for hydroxylation is 1. The first-order chi connectivity index (χ1) is 18.5. The molecule has 2 aromatic rings. The lowest BCUT2D eigenvalue weighted by molar-refractivity contribution is -0.136. The molecule has 0 aromatic heterocycles. The summed E-state index contributed by atoms with van der Waals surface area (Å²) in [6, 6.07) is 14.4. The zero-order valence-electron chi connectivity index (χ0n) is 21.7. The lowest BCUT2D eigenvalue weighted by Gasteiger charge is -2.30. The molecule has 3 atom stereocenters. The summed E-state index contributed by atoms with van der Waals surface area (Å²) in [6.07, 6.45) is 8.51. The highest BCUT2D eigenvalue weighted by Crippen LogP contribution is 2.65. The van der Waals surface area contributed by atoms with Gasteiger partial charge in [0.2, 0.25) is 11.8 Å². The van der Waals surface area contributed by atoms with E-state index in [0.717, 1.165) is 53.4 Å². The molecule has 7 heteroatoms. The van der Waals surface area contributed by atoms with Gasteiger partial charge in [0.15, 0.2) is 0 Å². The van der Waals surface area contributed by atoms with Crippen LogP contribution < -0.4 is 10.6 Å². The van der Waals surface area contributed by atoms with E-state index < -0.39 is 6.04 Å². The van der Waals surface area contributed by atoms with Gasteiger partial charge in [0.1, 0.15) is 6.04 Å². The zero-order valence-corrected chi connectivity index (χ0v) is 22.5.